The fourth-order valence-corrected chi connectivity index (χ4v) is 8.73. The van der Waals surface area contributed by atoms with Gasteiger partial charge in [0.15, 0.2) is 0 Å². The van der Waals surface area contributed by atoms with Gasteiger partial charge < -0.3 is 19.9 Å². The minimum Gasteiger partial charge on any atom is -0.398 e. The van der Waals surface area contributed by atoms with Crippen molar-refractivity contribution >= 4 is 11.5 Å². The number of nitrogen functional groups attached to an aromatic ring is 1. The lowest BCUT2D eigenvalue weighted by molar-refractivity contribution is -0.0872. The van der Waals surface area contributed by atoms with Crippen LogP contribution in [0.3, 0.4) is 0 Å². The van der Waals surface area contributed by atoms with Crippen LogP contribution in [-0.4, -0.2) is 62.3 Å². The molecule has 0 amide bonds. The Kier molecular flexibility index (Phi) is 6.28. The molecule has 1 aromatic carbocycles. The first-order chi connectivity index (χ1) is 20.9. The van der Waals surface area contributed by atoms with Crippen molar-refractivity contribution in [3.8, 4) is 6.07 Å². The van der Waals surface area contributed by atoms with Gasteiger partial charge in [-0.25, -0.2) is 19.3 Å². The molecule has 3 aromatic rings. The molecular formula is C33H39FN8O. The molecule has 224 valence electrons. The third-order valence-electron chi connectivity index (χ3n) is 11.1. The van der Waals surface area contributed by atoms with E-state index < -0.39 is 11.8 Å². The number of alkyl halides is 1. The number of rotatable bonds is 5. The molecule has 4 unspecified atom stereocenters. The molecule has 4 atom stereocenters. The number of fused-ring (bicyclic) bond motifs is 4. The number of ether oxygens (including phenoxy) is 1. The quantitative estimate of drug-likeness (QED) is 0.436. The topological polar surface area (TPSA) is 109 Å². The van der Waals surface area contributed by atoms with Crippen LogP contribution in [0.4, 0.5) is 15.9 Å². The van der Waals surface area contributed by atoms with Crippen LogP contribution in [0, 0.1) is 11.3 Å². The van der Waals surface area contributed by atoms with Crippen LogP contribution in [-0.2, 0) is 29.8 Å². The summed E-state index contributed by atoms with van der Waals surface area (Å²) >= 11 is 0. The van der Waals surface area contributed by atoms with E-state index in [1.54, 1.807) is 0 Å². The van der Waals surface area contributed by atoms with Crippen molar-refractivity contribution in [2.24, 2.45) is 0 Å². The number of imidazole rings is 1. The van der Waals surface area contributed by atoms with Crippen molar-refractivity contribution in [2.45, 2.75) is 94.2 Å². The standard InChI is InChI=1S/C33H39FN8O/c1-21-5-9-33(30-24(21)3-4-27(36)25(30)15-35)14-28-26(19-43-33)31(41-17-23(18-41)40-12-10-37-20-40)39-29(38-28)6-8-32-7-2-11-42(32)16-22(34)13-32/h3-4,10,12,20-23H,2,5-9,11,13-14,16-19,36H2,1H3. The first-order valence-corrected chi connectivity index (χ1v) is 15.9. The number of hydrogen-bond acceptors (Lipinski definition) is 8. The second-order valence-electron chi connectivity index (χ2n) is 13.5. The number of nitriles is 1. The first-order valence-electron chi connectivity index (χ1n) is 15.9. The van der Waals surface area contributed by atoms with Gasteiger partial charge in [0, 0.05) is 67.2 Å². The van der Waals surface area contributed by atoms with Gasteiger partial charge in [0.05, 0.1) is 30.2 Å². The van der Waals surface area contributed by atoms with Crippen molar-refractivity contribution < 1.29 is 9.13 Å². The maximum atomic E-state index is 14.5. The Hall–Kier alpha value is -3.55. The van der Waals surface area contributed by atoms with Gasteiger partial charge in [0.25, 0.3) is 0 Å². The number of nitrogens with zero attached hydrogens (tertiary/aromatic N) is 7. The van der Waals surface area contributed by atoms with Crippen LogP contribution >= 0.6 is 0 Å². The zero-order valence-corrected chi connectivity index (χ0v) is 24.8. The number of halogens is 1. The fraction of sp³-hybridized carbons (Fsp3) is 0.576. The van der Waals surface area contributed by atoms with Gasteiger partial charge >= 0.3 is 0 Å². The SMILES string of the molecule is CC1CCC2(Cc3nc(CCC45CCCN4CC(F)C5)nc(N4CC(n5ccnc5)C4)c3CO2)c2c1ccc(N)c2C#N. The Bertz CT molecular complexity index is 1600. The minimum atomic E-state index is -0.742. The summed E-state index contributed by atoms with van der Waals surface area (Å²) in [5.74, 6) is 2.12. The summed E-state index contributed by atoms with van der Waals surface area (Å²) in [5, 5.41) is 10.2. The summed E-state index contributed by atoms with van der Waals surface area (Å²) in [4.78, 5) is 19.3. The van der Waals surface area contributed by atoms with Gasteiger partial charge in [-0.15, -0.1) is 0 Å². The van der Waals surface area contributed by atoms with Crippen LogP contribution in [0.25, 0.3) is 0 Å². The van der Waals surface area contributed by atoms with Crippen molar-refractivity contribution in [2.75, 3.05) is 36.8 Å². The number of aromatic nitrogens is 4. The van der Waals surface area contributed by atoms with Crippen molar-refractivity contribution in [3.05, 3.63) is 64.6 Å². The molecule has 3 fully saturated rings. The lowest BCUT2D eigenvalue weighted by Gasteiger charge is -2.46. The molecule has 8 rings (SSSR count). The van der Waals surface area contributed by atoms with Gasteiger partial charge in [0.2, 0.25) is 0 Å². The number of anilines is 2. The molecule has 0 radical (unpaired) electrons. The number of aryl methyl sites for hydroxylation is 1. The fourth-order valence-electron chi connectivity index (χ4n) is 8.73. The van der Waals surface area contributed by atoms with Crippen LogP contribution in [0.5, 0.6) is 0 Å². The maximum absolute atomic E-state index is 14.5. The minimum absolute atomic E-state index is 0.0654. The van der Waals surface area contributed by atoms with Crippen molar-refractivity contribution in [1.29, 1.82) is 5.26 Å². The molecule has 2 N–H and O–H groups in total. The molecule has 9 nitrogen and oxygen atoms in total. The average molecular weight is 583 g/mol. The second kappa shape index (κ2) is 10.00. The van der Waals surface area contributed by atoms with Crippen molar-refractivity contribution in [3.63, 3.8) is 0 Å². The first kappa shape index (κ1) is 27.0. The van der Waals surface area contributed by atoms with E-state index in [4.69, 9.17) is 20.4 Å². The van der Waals surface area contributed by atoms with E-state index in [1.807, 2.05) is 24.8 Å². The van der Waals surface area contributed by atoms with Gasteiger partial charge in [-0.1, -0.05) is 13.0 Å². The maximum Gasteiger partial charge on any atom is 0.138 e. The largest absolute Gasteiger partial charge is 0.398 e. The molecular weight excluding hydrogens is 543 g/mol. The molecule has 1 spiro atoms. The Morgan fingerprint density at radius 3 is 2.91 bits per heavy atom. The van der Waals surface area contributed by atoms with Crippen LogP contribution in [0.2, 0.25) is 0 Å². The second-order valence-corrected chi connectivity index (χ2v) is 13.5. The van der Waals surface area contributed by atoms with E-state index in [-0.39, 0.29) is 5.54 Å². The normalized spacial score (nSPS) is 30.1. The molecule has 4 aliphatic heterocycles. The summed E-state index contributed by atoms with van der Waals surface area (Å²) < 4.78 is 23.5. The Balaban J connectivity index is 1.16. The number of nitrogens with two attached hydrogens (primary N) is 1. The summed E-state index contributed by atoms with van der Waals surface area (Å²) in [5.41, 5.74) is 10.9. The predicted octanol–water partition coefficient (Wildman–Crippen LogP) is 4.56. The van der Waals surface area contributed by atoms with E-state index in [2.05, 4.69) is 38.4 Å². The number of benzene rings is 1. The molecule has 3 saturated heterocycles. The molecule has 5 aliphatic rings. The summed E-state index contributed by atoms with van der Waals surface area (Å²) in [6.07, 6.45) is 11.8. The smallest absolute Gasteiger partial charge is 0.138 e. The number of hydrogen-bond donors (Lipinski definition) is 1. The van der Waals surface area contributed by atoms with Crippen molar-refractivity contribution in [1.82, 2.24) is 24.4 Å². The van der Waals surface area contributed by atoms with Crippen LogP contribution < -0.4 is 10.6 Å². The van der Waals surface area contributed by atoms with Crippen LogP contribution in [0.1, 0.15) is 91.2 Å². The molecule has 0 saturated carbocycles. The molecule has 6 heterocycles. The zero-order valence-electron chi connectivity index (χ0n) is 24.8. The zero-order chi connectivity index (χ0) is 29.3. The van der Waals surface area contributed by atoms with Gasteiger partial charge in [-0.3, -0.25) is 4.90 Å². The highest BCUT2D eigenvalue weighted by atomic mass is 19.1. The van der Waals surface area contributed by atoms with E-state index in [0.717, 1.165) is 92.2 Å². The van der Waals surface area contributed by atoms with E-state index in [1.165, 1.54) is 0 Å². The van der Waals surface area contributed by atoms with E-state index in [0.29, 0.717) is 49.2 Å². The molecule has 0 bridgehead atoms. The molecule has 10 heteroatoms. The van der Waals surface area contributed by atoms with E-state index in [9.17, 15) is 9.65 Å². The highest BCUT2D eigenvalue weighted by molar-refractivity contribution is 5.64. The Morgan fingerprint density at radius 1 is 1.21 bits per heavy atom. The lowest BCUT2D eigenvalue weighted by atomic mass is 9.69. The summed E-state index contributed by atoms with van der Waals surface area (Å²) in [6.45, 7) is 5.85. The molecule has 43 heavy (non-hydrogen) atoms. The highest BCUT2D eigenvalue weighted by Gasteiger charge is 2.49. The average Bonchev–Trinajstić information content (AvgIpc) is 3.70. The highest BCUT2D eigenvalue weighted by Crippen LogP contribution is 2.51. The molecule has 2 aromatic heterocycles. The van der Waals surface area contributed by atoms with Gasteiger partial charge in [0.1, 0.15) is 29.5 Å². The molecule has 1 aliphatic carbocycles. The monoisotopic (exact) mass is 582 g/mol. The third-order valence-corrected chi connectivity index (χ3v) is 11.1. The Morgan fingerprint density at radius 2 is 2.09 bits per heavy atom. The third kappa shape index (κ3) is 4.26. The summed E-state index contributed by atoms with van der Waals surface area (Å²) in [7, 11) is 0. The van der Waals surface area contributed by atoms with Gasteiger partial charge in [-0.05, 0) is 62.6 Å². The van der Waals surface area contributed by atoms with Gasteiger partial charge in [-0.2, -0.15) is 5.26 Å². The van der Waals surface area contributed by atoms with E-state index >= 15 is 0 Å². The van der Waals surface area contributed by atoms with Crippen LogP contribution in [0.15, 0.2) is 30.9 Å². The Labute approximate surface area is 251 Å². The lowest BCUT2D eigenvalue weighted by Crippen LogP contribution is -2.49. The summed E-state index contributed by atoms with van der Waals surface area (Å²) in [6, 6.07) is 6.70. The predicted molar refractivity (Wildman–Crippen MR) is 160 cm³/mol.